The van der Waals surface area contributed by atoms with E-state index in [0.29, 0.717) is 0 Å². The maximum atomic E-state index is 4.49. The van der Waals surface area contributed by atoms with Crippen molar-refractivity contribution in [2.24, 2.45) is 0 Å². The second-order valence-electron chi connectivity index (χ2n) is 4.66. The van der Waals surface area contributed by atoms with Crippen molar-refractivity contribution in [3.8, 4) is 5.69 Å². The second-order valence-corrected chi connectivity index (χ2v) is 7.22. The number of para-hydroxylation sites is 1. The molecule has 6 heteroatoms. The molecule has 2 heterocycles. The summed E-state index contributed by atoms with van der Waals surface area (Å²) < 4.78 is 0. The summed E-state index contributed by atoms with van der Waals surface area (Å²) in [5.74, 6) is 3.84. The van der Waals surface area contributed by atoms with Crippen LogP contribution in [0.4, 0.5) is 0 Å². The van der Waals surface area contributed by atoms with Crippen LogP contribution in [-0.4, -0.2) is 44.0 Å². The molecule has 1 aliphatic heterocycles. The third-order valence-electron chi connectivity index (χ3n) is 3.09. The molecule has 3 rings (SSSR count). The Hall–Kier alpha value is -0.980. The summed E-state index contributed by atoms with van der Waals surface area (Å²) in [7, 11) is 0. The average molecular weight is 306 g/mol. The first kappa shape index (κ1) is 14.0. The number of aromatic nitrogens is 3. The minimum absolute atomic E-state index is 0.734. The third kappa shape index (κ3) is 3.77. The van der Waals surface area contributed by atoms with Crippen molar-refractivity contribution in [3.05, 3.63) is 42.2 Å². The van der Waals surface area contributed by atoms with Crippen molar-refractivity contribution in [1.82, 2.24) is 20.3 Å². The molecule has 1 saturated heterocycles. The minimum atomic E-state index is 0.734. The van der Waals surface area contributed by atoms with E-state index in [0.717, 1.165) is 29.7 Å². The number of rotatable bonds is 5. The fourth-order valence-electron chi connectivity index (χ4n) is 2.08. The molecule has 0 amide bonds. The maximum Gasteiger partial charge on any atom is 0.0969 e. The molecule has 1 atom stereocenters. The molecule has 1 N–H and O–H groups in total. The average Bonchev–Trinajstić information content (AvgIpc) is 2.98. The number of thioether (sulfide) groups is 2. The molecular formula is C14H18N4S2. The molecule has 1 aromatic carbocycles. The molecule has 0 aliphatic carbocycles. The number of nitrogens with one attached hydrogen (secondary N) is 1. The Kier molecular flexibility index (Phi) is 5.00. The van der Waals surface area contributed by atoms with Gasteiger partial charge in [0.05, 0.1) is 17.6 Å². The van der Waals surface area contributed by atoms with Gasteiger partial charge in [0.1, 0.15) is 0 Å². The van der Waals surface area contributed by atoms with E-state index in [4.69, 9.17) is 0 Å². The van der Waals surface area contributed by atoms with Crippen LogP contribution in [0, 0.1) is 0 Å². The lowest BCUT2D eigenvalue weighted by molar-refractivity contribution is 0.659. The molecule has 0 spiro atoms. The molecule has 0 saturated carbocycles. The molecule has 1 fully saturated rings. The standard InChI is InChI=1S/C14H18N4S2/c1-2-4-13(5-3-1)18-16-9-12(17-18)8-15-10-14-11-19-6-7-20-14/h1-5,9,14-15H,6-8,10-11H2. The molecule has 0 bridgehead atoms. The van der Waals surface area contributed by atoms with Crippen molar-refractivity contribution >= 4 is 23.5 Å². The predicted octanol–water partition coefficient (Wildman–Crippen LogP) is 2.21. The van der Waals surface area contributed by atoms with Crippen molar-refractivity contribution in [1.29, 1.82) is 0 Å². The zero-order valence-corrected chi connectivity index (χ0v) is 12.9. The zero-order valence-electron chi connectivity index (χ0n) is 11.2. The van der Waals surface area contributed by atoms with Crippen molar-refractivity contribution < 1.29 is 0 Å². The van der Waals surface area contributed by atoms with Crippen molar-refractivity contribution in [3.63, 3.8) is 0 Å². The van der Waals surface area contributed by atoms with E-state index in [-0.39, 0.29) is 0 Å². The highest BCUT2D eigenvalue weighted by molar-refractivity contribution is 8.06. The number of nitrogens with zero attached hydrogens (tertiary/aromatic N) is 3. The number of hydrogen-bond donors (Lipinski definition) is 1. The Balaban J connectivity index is 1.50. The molecule has 1 aromatic heterocycles. The quantitative estimate of drug-likeness (QED) is 0.917. The van der Waals surface area contributed by atoms with Gasteiger partial charge < -0.3 is 5.32 Å². The van der Waals surface area contributed by atoms with Crippen LogP contribution in [0.1, 0.15) is 5.69 Å². The molecule has 0 radical (unpaired) electrons. The molecule has 1 aliphatic rings. The van der Waals surface area contributed by atoms with Crippen molar-refractivity contribution in [2.45, 2.75) is 11.8 Å². The Bertz CT molecular complexity index is 523. The Labute approximate surface area is 127 Å². The van der Waals surface area contributed by atoms with E-state index >= 15 is 0 Å². The third-order valence-corrected chi connectivity index (χ3v) is 5.93. The summed E-state index contributed by atoms with van der Waals surface area (Å²) in [6.07, 6.45) is 1.84. The molecule has 2 aromatic rings. The van der Waals surface area contributed by atoms with Crippen LogP contribution < -0.4 is 5.32 Å². The van der Waals surface area contributed by atoms with Gasteiger partial charge in [-0.1, -0.05) is 18.2 Å². The van der Waals surface area contributed by atoms with Gasteiger partial charge in [0.2, 0.25) is 0 Å². The Morgan fingerprint density at radius 3 is 2.95 bits per heavy atom. The van der Waals surface area contributed by atoms with E-state index in [1.807, 2.05) is 36.5 Å². The molecule has 20 heavy (non-hydrogen) atoms. The summed E-state index contributed by atoms with van der Waals surface area (Å²) in [6.45, 7) is 1.84. The van der Waals surface area contributed by atoms with Gasteiger partial charge >= 0.3 is 0 Å². The van der Waals surface area contributed by atoms with Gasteiger partial charge in [-0.3, -0.25) is 0 Å². The lowest BCUT2D eigenvalue weighted by Gasteiger charge is -2.20. The minimum Gasteiger partial charge on any atom is -0.310 e. The summed E-state index contributed by atoms with van der Waals surface area (Å²) in [4.78, 5) is 1.68. The van der Waals surface area contributed by atoms with Crippen LogP contribution in [0.2, 0.25) is 0 Å². The van der Waals surface area contributed by atoms with Gasteiger partial charge in [0.25, 0.3) is 0 Å². The lowest BCUT2D eigenvalue weighted by atomic mass is 10.3. The van der Waals surface area contributed by atoms with Crippen LogP contribution in [0.3, 0.4) is 0 Å². The summed E-state index contributed by atoms with van der Waals surface area (Å²) in [5, 5.41) is 13.0. The van der Waals surface area contributed by atoms with E-state index in [9.17, 15) is 0 Å². The molecule has 106 valence electrons. The monoisotopic (exact) mass is 306 g/mol. The van der Waals surface area contributed by atoms with Crippen LogP contribution in [0.15, 0.2) is 36.5 Å². The number of hydrogen-bond acceptors (Lipinski definition) is 5. The fraction of sp³-hybridized carbons (Fsp3) is 0.429. The highest BCUT2D eigenvalue weighted by Gasteiger charge is 2.13. The fourth-order valence-corrected chi connectivity index (χ4v) is 4.72. The van der Waals surface area contributed by atoms with Crippen LogP contribution in [0.5, 0.6) is 0 Å². The first-order valence-corrected chi connectivity index (χ1v) is 8.99. The normalized spacial score (nSPS) is 19.1. The topological polar surface area (TPSA) is 42.7 Å². The maximum absolute atomic E-state index is 4.49. The van der Waals surface area contributed by atoms with Gasteiger partial charge in [0, 0.05) is 35.6 Å². The first-order chi connectivity index (χ1) is 9.92. The second kappa shape index (κ2) is 7.15. The lowest BCUT2D eigenvalue weighted by Crippen LogP contribution is -2.28. The molecule has 1 unspecified atom stereocenters. The zero-order chi connectivity index (χ0) is 13.6. The van der Waals surface area contributed by atoms with Gasteiger partial charge in [-0.2, -0.15) is 38.5 Å². The van der Waals surface area contributed by atoms with Crippen LogP contribution in [0.25, 0.3) is 5.69 Å². The van der Waals surface area contributed by atoms with Crippen molar-refractivity contribution in [2.75, 3.05) is 23.8 Å². The SMILES string of the molecule is c1ccc(-n2ncc(CNCC3CSCCS3)n2)cc1. The van der Waals surface area contributed by atoms with E-state index in [1.165, 1.54) is 17.3 Å². The van der Waals surface area contributed by atoms with E-state index in [2.05, 4.69) is 39.0 Å². The highest BCUT2D eigenvalue weighted by Crippen LogP contribution is 2.23. The largest absolute Gasteiger partial charge is 0.310 e. The van der Waals surface area contributed by atoms with Crippen LogP contribution >= 0.6 is 23.5 Å². The van der Waals surface area contributed by atoms with E-state index < -0.39 is 0 Å². The van der Waals surface area contributed by atoms with E-state index in [1.54, 1.807) is 4.80 Å². The smallest absolute Gasteiger partial charge is 0.0969 e. The van der Waals surface area contributed by atoms with Gasteiger partial charge in [0.15, 0.2) is 0 Å². The molecule has 4 nitrogen and oxygen atoms in total. The first-order valence-electron chi connectivity index (χ1n) is 6.78. The summed E-state index contributed by atoms with van der Waals surface area (Å²) in [5.41, 5.74) is 1.99. The van der Waals surface area contributed by atoms with Gasteiger partial charge in [-0.25, -0.2) is 0 Å². The predicted molar refractivity (Wildman–Crippen MR) is 86.6 cm³/mol. The summed E-state index contributed by atoms with van der Waals surface area (Å²) >= 11 is 4.13. The molecular weight excluding hydrogens is 288 g/mol. The number of benzene rings is 1. The Morgan fingerprint density at radius 1 is 1.25 bits per heavy atom. The summed E-state index contributed by atoms with van der Waals surface area (Å²) in [6, 6.07) is 10.00. The van der Waals surface area contributed by atoms with Gasteiger partial charge in [-0.15, -0.1) is 0 Å². The Morgan fingerprint density at radius 2 is 2.15 bits per heavy atom. The van der Waals surface area contributed by atoms with Gasteiger partial charge in [-0.05, 0) is 12.1 Å². The van der Waals surface area contributed by atoms with Crippen LogP contribution in [-0.2, 0) is 6.54 Å². The highest BCUT2D eigenvalue weighted by atomic mass is 32.2.